The summed E-state index contributed by atoms with van der Waals surface area (Å²) in [5.41, 5.74) is 2.70. The number of ether oxygens (including phenoxy) is 1. The Bertz CT molecular complexity index is 1150. The van der Waals surface area contributed by atoms with Crippen LogP contribution < -0.4 is 21.1 Å². The standard InChI is InChI=1S/C19H16BN3O3/c1-25-13-4-2-3-11(7-13)9-21-10-16-22-17-14-8-12(20)5-6-15(14)26-18(17)19(24)23-16/h2-8,21H,9-10H2,1H3,(H,22,23,24). The number of rotatable bonds is 5. The van der Waals surface area contributed by atoms with Gasteiger partial charge in [0.15, 0.2) is 0 Å². The minimum absolute atomic E-state index is 0.210. The normalized spacial score (nSPS) is 11.3. The third-order valence-corrected chi connectivity index (χ3v) is 4.15. The van der Waals surface area contributed by atoms with Gasteiger partial charge in [0.2, 0.25) is 5.58 Å². The molecule has 0 aliphatic rings. The van der Waals surface area contributed by atoms with Gasteiger partial charge in [-0.2, -0.15) is 0 Å². The van der Waals surface area contributed by atoms with Crippen molar-refractivity contribution >= 4 is 35.4 Å². The number of aromatic amines is 1. The Morgan fingerprint density at radius 2 is 2.12 bits per heavy atom. The van der Waals surface area contributed by atoms with Gasteiger partial charge in [0.1, 0.15) is 30.5 Å². The van der Waals surface area contributed by atoms with Gasteiger partial charge >= 0.3 is 0 Å². The van der Waals surface area contributed by atoms with E-state index in [1.165, 1.54) is 0 Å². The highest BCUT2D eigenvalue weighted by Gasteiger charge is 2.13. The van der Waals surface area contributed by atoms with E-state index in [1.807, 2.05) is 24.3 Å². The maximum atomic E-state index is 12.3. The molecule has 0 amide bonds. The summed E-state index contributed by atoms with van der Waals surface area (Å²) in [6.45, 7) is 1.04. The molecule has 2 aromatic carbocycles. The highest BCUT2D eigenvalue weighted by molar-refractivity contribution is 6.33. The molecular weight excluding hydrogens is 329 g/mol. The molecule has 0 aliphatic heterocycles. The second-order valence-corrected chi connectivity index (χ2v) is 6.00. The van der Waals surface area contributed by atoms with Crippen LogP contribution in [0.3, 0.4) is 0 Å². The third kappa shape index (κ3) is 3.09. The van der Waals surface area contributed by atoms with Crippen molar-refractivity contribution in [3.05, 3.63) is 64.2 Å². The molecule has 0 saturated carbocycles. The largest absolute Gasteiger partial charge is 0.497 e. The summed E-state index contributed by atoms with van der Waals surface area (Å²) < 4.78 is 10.8. The van der Waals surface area contributed by atoms with Crippen molar-refractivity contribution in [2.45, 2.75) is 13.1 Å². The van der Waals surface area contributed by atoms with E-state index in [9.17, 15) is 4.79 Å². The number of methoxy groups -OCH3 is 1. The average molecular weight is 345 g/mol. The fourth-order valence-corrected chi connectivity index (χ4v) is 2.91. The summed E-state index contributed by atoms with van der Waals surface area (Å²) in [6, 6.07) is 13.0. The highest BCUT2D eigenvalue weighted by atomic mass is 16.5. The Morgan fingerprint density at radius 1 is 1.23 bits per heavy atom. The second-order valence-electron chi connectivity index (χ2n) is 6.00. The van der Waals surface area contributed by atoms with Gasteiger partial charge in [-0.1, -0.05) is 29.7 Å². The maximum Gasteiger partial charge on any atom is 0.294 e. The number of nitrogens with one attached hydrogen (secondary N) is 2. The molecule has 128 valence electrons. The number of benzene rings is 2. The number of hydrogen-bond donors (Lipinski definition) is 2. The molecule has 4 aromatic rings. The Morgan fingerprint density at radius 3 is 2.96 bits per heavy atom. The first-order valence-electron chi connectivity index (χ1n) is 8.18. The van der Waals surface area contributed by atoms with E-state index in [0.717, 1.165) is 16.7 Å². The summed E-state index contributed by atoms with van der Waals surface area (Å²) in [6.07, 6.45) is 0. The van der Waals surface area contributed by atoms with Crippen molar-refractivity contribution in [1.29, 1.82) is 0 Å². The summed E-state index contributed by atoms with van der Waals surface area (Å²) in [7, 11) is 7.48. The van der Waals surface area contributed by atoms with Gasteiger partial charge in [0, 0.05) is 11.9 Å². The number of nitrogens with zero attached hydrogens (tertiary/aromatic N) is 1. The van der Waals surface area contributed by atoms with E-state index in [2.05, 4.69) is 15.3 Å². The van der Waals surface area contributed by atoms with Crippen LogP contribution >= 0.6 is 0 Å². The lowest BCUT2D eigenvalue weighted by Gasteiger charge is -2.06. The maximum absolute atomic E-state index is 12.3. The van der Waals surface area contributed by atoms with Crippen LogP contribution in [0.1, 0.15) is 11.4 Å². The fraction of sp³-hybridized carbons (Fsp3) is 0.158. The smallest absolute Gasteiger partial charge is 0.294 e. The molecule has 2 aromatic heterocycles. The molecule has 26 heavy (non-hydrogen) atoms. The van der Waals surface area contributed by atoms with Gasteiger partial charge in [0.05, 0.1) is 13.7 Å². The van der Waals surface area contributed by atoms with E-state index in [4.69, 9.17) is 17.0 Å². The van der Waals surface area contributed by atoms with E-state index >= 15 is 0 Å². The van der Waals surface area contributed by atoms with Crippen LogP contribution in [-0.2, 0) is 13.1 Å². The lowest BCUT2D eigenvalue weighted by molar-refractivity contribution is 0.414. The summed E-state index contributed by atoms with van der Waals surface area (Å²) in [5.74, 6) is 1.34. The van der Waals surface area contributed by atoms with Crippen LogP contribution in [0.15, 0.2) is 51.7 Å². The van der Waals surface area contributed by atoms with Crippen LogP contribution in [0.2, 0.25) is 0 Å². The number of H-pyrrole nitrogens is 1. The van der Waals surface area contributed by atoms with Crippen molar-refractivity contribution in [2.24, 2.45) is 0 Å². The molecule has 7 heteroatoms. The van der Waals surface area contributed by atoms with Gasteiger partial charge in [-0.25, -0.2) is 4.98 Å². The SMILES string of the molecule is [B]c1ccc2oc3c(=O)[nH]c(CNCc4cccc(OC)c4)nc3c2c1. The number of fused-ring (bicyclic) bond motifs is 3. The van der Waals surface area contributed by atoms with Crippen molar-refractivity contribution in [3.8, 4) is 5.75 Å². The third-order valence-electron chi connectivity index (χ3n) is 4.15. The van der Waals surface area contributed by atoms with Gasteiger partial charge in [-0.05, 0) is 23.8 Å². The molecule has 2 N–H and O–H groups in total. The highest BCUT2D eigenvalue weighted by Crippen LogP contribution is 2.23. The molecule has 2 radical (unpaired) electrons. The Balaban J connectivity index is 1.59. The van der Waals surface area contributed by atoms with E-state index in [-0.39, 0.29) is 11.1 Å². The Labute approximate surface area is 150 Å². The average Bonchev–Trinajstić information content (AvgIpc) is 3.00. The van der Waals surface area contributed by atoms with Crippen LogP contribution in [-0.4, -0.2) is 24.9 Å². The lowest BCUT2D eigenvalue weighted by Crippen LogP contribution is -2.19. The van der Waals surface area contributed by atoms with Crippen LogP contribution in [0, 0.1) is 0 Å². The predicted molar refractivity (Wildman–Crippen MR) is 101 cm³/mol. The van der Waals surface area contributed by atoms with Crippen molar-refractivity contribution in [3.63, 3.8) is 0 Å². The molecule has 0 saturated heterocycles. The molecule has 6 nitrogen and oxygen atoms in total. The monoisotopic (exact) mass is 345 g/mol. The van der Waals surface area contributed by atoms with Crippen LogP contribution in [0.5, 0.6) is 5.75 Å². The van der Waals surface area contributed by atoms with Crippen LogP contribution in [0.25, 0.3) is 22.1 Å². The Kier molecular flexibility index (Phi) is 4.22. The van der Waals surface area contributed by atoms with Gasteiger partial charge in [-0.15, -0.1) is 0 Å². The predicted octanol–water partition coefficient (Wildman–Crippen LogP) is 1.76. The molecule has 0 fully saturated rings. The first-order chi connectivity index (χ1) is 12.6. The summed E-state index contributed by atoms with van der Waals surface area (Å²) in [5, 5.41) is 4.01. The lowest BCUT2D eigenvalue weighted by atomic mass is 9.95. The first kappa shape index (κ1) is 16.4. The molecule has 0 aliphatic carbocycles. The summed E-state index contributed by atoms with van der Waals surface area (Å²) >= 11 is 0. The van der Waals surface area contributed by atoms with Crippen molar-refractivity contribution in [2.75, 3.05) is 7.11 Å². The van der Waals surface area contributed by atoms with Crippen molar-refractivity contribution in [1.82, 2.24) is 15.3 Å². The molecule has 0 bridgehead atoms. The molecule has 0 atom stereocenters. The topological polar surface area (TPSA) is 80.2 Å². The zero-order chi connectivity index (χ0) is 18.1. The number of furan rings is 1. The van der Waals surface area contributed by atoms with E-state index < -0.39 is 0 Å². The van der Waals surface area contributed by atoms with E-state index in [1.54, 1.807) is 25.3 Å². The van der Waals surface area contributed by atoms with Crippen molar-refractivity contribution < 1.29 is 9.15 Å². The number of aromatic nitrogens is 2. The molecule has 2 heterocycles. The number of hydrogen-bond acceptors (Lipinski definition) is 5. The van der Waals surface area contributed by atoms with Gasteiger partial charge < -0.3 is 19.5 Å². The quantitative estimate of drug-likeness (QED) is 0.539. The van der Waals surface area contributed by atoms with E-state index in [0.29, 0.717) is 35.5 Å². The molecule has 0 unspecified atom stereocenters. The molecular formula is C19H16BN3O3. The fourth-order valence-electron chi connectivity index (χ4n) is 2.91. The summed E-state index contributed by atoms with van der Waals surface area (Å²) in [4.78, 5) is 19.6. The first-order valence-corrected chi connectivity index (χ1v) is 8.18. The Hall–Kier alpha value is -3.06. The van der Waals surface area contributed by atoms with Gasteiger partial charge in [0.25, 0.3) is 5.56 Å². The minimum Gasteiger partial charge on any atom is -0.497 e. The van der Waals surface area contributed by atoms with Crippen LogP contribution in [0.4, 0.5) is 0 Å². The molecule has 0 spiro atoms. The molecule has 4 rings (SSSR count). The zero-order valence-corrected chi connectivity index (χ0v) is 14.2. The minimum atomic E-state index is -0.303. The zero-order valence-electron chi connectivity index (χ0n) is 14.2. The second kappa shape index (κ2) is 6.69. The van der Waals surface area contributed by atoms with Gasteiger partial charge in [-0.3, -0.25) is 4.79 Å².